The summed E-state index contributed by atoms with van der Waals surface area (Å²) in [7, 11) is 0. The quantitative estimate of drug-likeness (QED) is 0.290. The van der Waals surface area contributed by atoms with Crippen molar-refractivity contribution in [2.75, 3.05) is 12.3 Å². The summed E-state index contributed by atoms with van der Waals surface area (Å²) >= 11 is 1.68. The molecule has 3 aromatic rings. The molecule has 2 amide bonds. The molecule has 0 atom stereocenters. The zero-order valence-corrected chi connectivity index (χ0v) is 18.5. The van der Waals surface area contributed by atoms with Crippen LogP contribution in [0.25, 0.3) is 10.9 Å². The largest absolute Gasteiger partial charge is 0.274 e. The van der Waals surface area contributed by atoms with Crippen molar-refractivity contribution in [3.8, 4) is 6.07 Å². The standard InChI is InChI=1S/C25H23N3O2S/c1-16-12-21-22(13-17(16)2)27-15-18(14-26)23(21)31-11-7-3-6-10-28-24(29)19-8-4-5-9-20(19)25(28)30/h4-5,8-9,12-13,15H,3,6-7,10-11H2,1-2H3. The lowest BCUT2D eigenvalue weighted by Crippen LogP contribution is -2.30. The van der Waals surface area contributed by atoms with E-state index < -0.39 is 0 Å². The lowest BCUT2D eigenvalue weighted by molar-refractivity contribution is 0.0651. The van der Waals surface area contributed by atoms with Crippen LogP contribution in [0.1, 0.15) is 56.7 Å². The van der Waals surface area contributed by atoms with Gasteiger partial charge in [-0.3, -0.25) is 19.5 Å². The highest BCUT2D eigenvalue weighted by Gasteiger charge is 2.34. The van der Waals surface area contributed by atoms with Crippen LogP contribution in [0, 0.1) is 25.2 Å². The van der Waals surface area contributed by atoms with Gasteiger partial charge in [-0.25, -0.2) is 0 Å². The molecular formula is C25H23N3O2S. The number of imide groups is 1. The van der Waals surface area contributed by atoms with Crippen LogP contribution in [0.15, 0.2) is 47.5 Å². The van der Waals surface area contributed by atoms with E-state index in [0.717, 1.165) is 40.8 Å². The SMILES string of the molecule is Cc1cc2ncc(C#N)c(SCCCCCN3C(=O)c4ccccc4C3=O)c2cc1C. The molecule has 5 nitrogen and oxygen atoms in total. The maximum absolute atomic E-state index is 12.4. The number of unbranched alkanes of at least 4 members (excludes halogenated alkanes) is 2. The highest BCUT2D eigenvalue weighted by molar-refractivity contribution is 7.99. The Morgan fingerprint density at radius 2 is 1.68 bits per heavy atom. The fourth-order valence-corrected chi connectivity index (χ4v) is 4.95. The van der Waals surface area contributed by atoms with Crippen molar-refractivity contribution in [1.82, 2.24) is 9.88 Å². The molecule has 0 bridgehead atoms. The monoisotopic (exact) mass is 429 g/mol. The van der Waals surface area contributed by atoms with Gasteiger partial charge in [-0.05, 0) is 67.8 Å². The second-order valence-electron chi connectivity index (χ2n) is 7.78. The molecule has 0 saturated heterocycles. The van der Waals surface area contributed by atoms with Crippen molar-refractivity contribution in [2.45, 2.75) is 38.0 Å². The van der Waals surface area contributed by atoms with Crippen LogP contribution in [0.4, 0.5) is 0 Å². The summed E-state index contributed by atoms with van der Waals surface area (Å²) in [5.41, 5.74) is 4.90. The molecule has 156 valence electrons. The van der Waals surface area contributed by atoms with Crippen molar-refractivity contribution >= 4 is 34.5 Å². The van der Waals surface area contributed by atoms with Crippen LogP contribution >= 0.6 is 11.8 Å². The van der Waals surface area contributed by atoms with E-state index in [1.54, 1.807) is 42.2 Å². The molecular weight excluding hydrogens is 406 g/mol. The highest BCUT2D eigenvalue weighted by Crippen LogP contribution is 2.32. The molecule has 2 aromatic carbocycles. The number of hydrogen-bond donors (Lipinski definition) is 0. The molecule has 0 unspecified atom stereocenters. The van der Waals surface area contributed by atoms with Crippen molar-refractivity contribution in [1.29, 1.82) is 5.26 Å². The van der Waals surface area contributed by atoms with E-state index in [1.807, 2.05) is 0 Å². The normalized spacial score (nSPS) is 13.0. The molecule has 0 N–H and O–H groups in total. The second-order valence-corrected chi connectivity index (χ2v) is 8.89. The van der Waals surface area contributed by atoms with Gasteiger partial charge in [-0.2, -0.15) is 5.26 Å². The number of nitriles is 1. The van der Waals surface area contributed by atoms with Gasteiger partial charge >= 0.3 is 0 Å². The van der Waals surface area contributed by atoms with E-state index in [9.17, 15) is 14.9 Å². The first-order valence-corrected chi connectivity index (χ1v) is 11.4. The van der Waals surface area contributed by atoms with Crippen LogP contribution in [0.5, 0.6) is 0 Å². The average molecular weight is 430 g/mol. The number of nitrogens with zero attached hydrogens (tertiary/aromatic N) is 3. The minimum absolute atomic E-state index is 0.192. The van der Waals surface area contributed by atoms with E-state index >= 15 is 0 Å². The fraction of sp³-hybridized carbons (Fsp3) is 0.280. The fourth-order valence-electron chi connectivity index (χ4n) is 3.83. The zero-order chi connectivity index (χ0) is 22.0. The Morgan fingerprint density at radius 3 is 2.35 bits per heavy atom. The number of carbonyl (C=O) groups is 2. The van der Waals surface area contributed by atoms with Crippen LogP contribution in [-0.2, 0) is 0 Å². The smallest absolute Gasteiger partial charge is 0.261 e. The third-order valence-corrected chi connectivity index (χ3v) is 6.93. The number of hydrogen-bond acceptors (Lipinski definition) is 5. The summed E-state index contributed by atoms with van der Waals surface area (Å²) in [6, 6.07) is 13.4. The minimum atomic E-state index is -0.192. The Balaban J connectivity index is 1.33. The number of rotatable bonds is 7. The van der Waals surface area contributed by atoms with Crippen molar-refractivity contribution < 1.29 is 9.59 Å². The van der Waals surface area contributed by atoms with Crippen LogP contribution in [0.3, 0.4) is 0 Å². The van der Waals surface area contributed by atoms with E-state index in [0.29, 0.717) is 23.2 Å². The van der Waals surface area contributed by atoms with Crippen LogP contribution < -0.4 is 0 Å². The van der Waals surface area contributed by atoms with E-state index in [1.165, 1.54) is 16.0 Å². The molecule has 0 spiro atoms. The summed E-state index contributed by atoms with van der Waals surface area (Å²) in [6.07, 6.45) is 4.27. The van der Waals surface area contributed by atoms with Crippen LogP contribution in [0.2, 0.25) is 0 Å². The van der Waals surface area contributed by atoms with Crippen molar-refractivity contribution in [3.05, 3.63) is 70.4 Å². The number of amides is 2. The molecule has 6 heteroatoms. The Hall–Kier alpha value is -3.17. The predicted octanol–water partition coefficient (Wildman–Crippen LogP) is 5.28. The topological polar surface area (TPSA) is 74.1 Å². The number of fused-ring (bicyclic) bond motifs is 2. The maximum atomic E-state index is 12.4. The third-order valence-electron chi connectivity index (χ3n) is 5.71. The number of benzene rings is 2. The third kappa shape index (κ3) is 4.06. The lowest BCUT2D eigenvalue weighted by atomic mass is 10.1. The number of thioether (sulfide) groups is 1. The van der Waals surface area contributed by atoms with Crippen molar-refractivity contribution in [2.24, 2.45) is 0 Å². The molecule has 2 heterocycles. The summed E-state index contributed by atoms with van der Waals surface area (Å²) in [6.45, 7) is 4.58. The van der Waals surface area contributed by atoms with Gasteiger partial charge < -0.3 is 0 Å². The minimum Gasteiger partial charge on any atom is -0.274 e. The summed E-state index contributed by atoms with van der Waals surface area (Å²) < 4.78 is 0. The number of pyridine rings is 1. The van der Waals surface area contributed by atoms with E-state index in [-0.39, 0.29) is 11.8 Å². The zero-order valence-electron chi connectivity index (χ0n) is 17.6. The van der Waals surface area contributed by atoms with Crippen LogP contribution in [-0.4, -0.2) is 34.0 Å². The molecule has 4 rings (SSSR count). The molecule has 0 fully saturated rings. The first-order chi connectivity index (χ1) is 15.0. The van der Waals surface area contributed by atoms with E-state index in [4.69, 9.17) is 0 Å². The first kappa shape index (κ1) is 21.1. The number of aryl methyl sites for hydroxylation is 2. The number of aromatic nitrogens is 1. The predicted molar refractivity (Wildman–Crippen MR) is 122 cm³/mol. The molecule has 31 heavy (non-hydrogen) atoms. The van der Waals surface area contributed by atoms with Gasteiger partial charge in [0.1, 0.15) is 6.07 Å². The molecule has 0 saturated carbocycles. The summed E-state index contributed by atoms with van der Waals surface area (Å²) in [4.78, 5) is 31.6. The molecule has 1 aliphatic rings. The highest BCUT2D eigenvalue weighted by atomic mass is 32.2. The van der Waals surface area contributed by atoms with Gasteiger partial charge in [0.05, 0.1) is 22.2 Å². The Bertz CT molecular complexity index is 1190. The maximum Gasteiger partial charge on any atom is 0.261 e. The summed E-state index contributed by atoms with van der Waals surface area (Å²) in [5.74, 6) is 0.480. The van der Waals surface area contributed by atoms with E-state index in [2.05, 4.69) is 37.0 Å². The van der Waals surface area contributed by atoms with Crippen molar-refractivity contribution in [3.63, 3.8) is 0 Å². The number of carbonyl (C=O) groups excluding carboxylic acids is 2. The molecule has 0 radical (unpaired) electrons. The van der Waals surface area contributed by atoms with Gasteiger partial charge in [0, 0.05) is 23.0 Å². The average Bonchev–Trinajstić information content (AvgIpc) is 3.02. The van der Waals surface area contributed by atoms with Gasteiger partial charge in [-0.1, -0.05) is 18.6 Å². The molecule has 1 aliphatic heterocycles. The molecule has 0 aliphatic carbocycles. The molecule has 1 aromatic heterocycles. The van der Waals surface area contributed by atoms with Gasteiger partial charge in [0.25, 0.3) is 11.8 Å². The van der Waals surface area contributed by atoms with Gasteiger partial charge in [0.2, 0.25) is 0 Å². The second kappa shape index (κ2) is 8.91. The van der Waals surface area contributed by atoms with Gasteiger partial charge in [0.15, 0.2) is 0 Å². The Labute approximate surface area is 186 Å². The van der Waals surface area contributed by atoms with Gasteiger partial charge in [-0.15, -0.1) is 11.8 Å². The summed E-state index contributed by atoms with van der Waals surface area (Å²) in [5, 5.41) is 10.5. The first-order valence-electron chi connectivity index (χ1n) is 10.4. The Morgan fingerprint density at radius 1 is 1.00 bits per heavy atom. The Kier molecular flexibility index (Phi) is 6.06. The lowest BCUT2D eigenvalue weighted by Gasteiger charge is -2.13.